The van der Waals surface area contributed by atoms with Gasteiger partial charge in [-0.25, -0.2) is 0 Å². The molecule has 1 aliphatic rings. The lowest BCUT2D eigenvalue weighted by Crippen LogP contribution is -2.32. The lowest BCUT2D eigenvalue weighted by atomic mass is 10.1. The van der Waals surface area contributed by atoms with Gasteiger partial charge in [0.1, 0.15) is 11.9 Å². The third-order valence-electron chi connectivity index (χ3n) is 2.82. The first-order valence-corrected chi connectivity index (χ1v) is 6.32. The van der Waals surface area contributed by atoms with Gasteiger partial charge < -0.3 is 14.8 Å². The molecule has 94 valence electrons. The van der Waals surface area contributed by atoms with Gasteiger partial charge in [-0.15, -0.1) is 0 Å². The highest BCUT2D eigenvalue weighted by molar-refractivity contribution is 5.37. The number of nitrogens with one attached hydrogen (secondary N) is 1. The Morgan fingerprint density at radius 3 is 3.00 bits per heavy atom. The van der Waals surface area contributed by atoms with Crippen molar-refractivity contribution in [1.29, 1.82) is 0 Å². The van der Waals surface area contributed by atoms with Crippen LogP contribution in [-0.4, -0.2) is 31.9 Å². The molecule has 0 spiro atoms. The number of hydrogen-bond donors (Lipinski definition) is 1. The molecule has 1 aromatic carbocycles. The van der Waals surface area contributed by atoms with E-state index in [1.165, 1.54) is 5.56 Å². The third kappa shape index (κ3) is 3.72. The number of benzene rings is 1. The molecule has 3 nitrogen and oxygen atoms in total. The summed E-state index contributed by atoms with van der Waals surface area (Å²) in [5.74, 6) is 1.04. The molecular weight excluding hydrogens is 214 g/mol. The fourth-order valence-corrected chi connectivity index (χ4v) is 2.00. The minimum Gasteiger partial charge on any atom is -0.488 e. The molecule has 1 unspecified atom stereocenters. The highest BCUT2D eigenvalue weighted by atomic mass is 16.5. The summed E-state index contributed by atoms with van der Waals surface area (Å²) < 4.78 is 11.3. The van der Waals surface area contributed by atoms with Crippen LogP contribution in [0.4, 0.5) is 0 Å². The first kappa shape index (κ1) is 12.4. The molecule has 0 fully saturated rings. The van der Waals surface area contributed by atoms with Gasteiger partial charge in [0, 0.05) is 19.5 Å². The summed E-state index contributed by atoms with van der Waals surface area (Å²) in [5, 5.41) is 3.37. The quantitative estimate of drug-likeness (QED) is 0.765. The van der Waals surface area contributed by atoms with E-state index in [2.05, 4.69) is 31.3 Å². The highest BCUT2D eigenvalue weighted by Gasteiger charge is 2.21. The summed E-state index contributed by atoms with van der Waals surface area (Å²) in [4.78, 5) is 0. The molecule has 2 rings (SSSR count). The van der Waals surface area contributed by atoms with E-state index in [0.29, 0.717) is 6.10 Å². The molecule has 0 radical (unpaired) electrons. The van der Waals surface area contributed by atoms with E-state index in [4.69, 9.17) is 9.47 Å². The van der Waals surface area contributed by atoms with Crippen LogP contribution in [0.5, 0.6) is 5.75 Å². The molecule has 1 N–H and O–H groups in total. The Labute approximate surface area is 103 Å². The summed E-state index contributed by atoms with van der Waals surface area (Å²) in [7, 11) is 0. The second kappa shape index (κ2) is 6.03. The molecule has 0 saturated heterocycles. The fraction of sp³-hybridized carbons (Fsp3) is 0.571. The van der Waals surface area contributed by atoms with Gasteiger partial charge in [0.2, 0.25) is 0 Å². The standard InChI is InChI=1S/C14H21NO2/c1-11(2)16-8-7-15-10-13-9-12-5-3-4-6-14(12)17-13/h3-6,11,13,15H,7-10H2,1-2H3. The molecule has 1 aromatic rings. The van der Waals surface area contributed by atoms with Gasteiger partial charge in [-0.05, 0) is 25.5 Å². The van der Waals surface area contributed by atoms with Crippen LogP contribution >= 0.6 is 0 Å². The summed E-state index contributed by atoms with van der Waals surface area (Å²) in [5.41, 5.74) is 1.32. The normalized spacial score (nSPS) is 18.2. The Kier molecular flexibility index (Phi) is 4.40. The van der Waals surface area contributed by atoms with Crippen LogP contribution in [0.25, 0.3) is 0 Å². The average molecular weight is 235 g/mol. The minimum absolute atomic E-state index is 0.270. The van der Waals surface area contributed by atoms with Crippen LogP contribution in [0.3, 0.4) is 0 Å². The van der Waals surface area contributed by atoms with E-state index in [1.54, 1.807) is 0 Å². The lowest BCUT2D eigenvalue weighted by Gasteiger charge is -2.12. The number of hydrogen-bond acceptors (Lipinski definition) is 3. The van der Waals surface area contributed by atoms with Crippen molar-refractivity contribution >= 4 is 0 Å². The molecule has 0 amide bonds. The van der Waals surface area contributed by atoms with Crippen LogP contribution in [-0.2, 0) is 11.2 Å². The topological polar surface area (TPSA) is 30.5 Å². The van der Waals surface area contributed by atoms with E-state index in [0.717, 1.165) is 31.9 Å². The second-order valence-corrected chi connectivity index (χ2v) is 4.68. The fourth-order valence-electron chi connectivity index (χ4n) is 2.00. The van der Waals surface area contributed by atoms with Gasteiger partial charge in [0.25, 0.3) is 0 Å². The van der Waals surface area contributed by atoms with Gasteiger partial charge in [0.05, 0.1) is 12.7 Å². The van der Waals surface area contributed by atoms with Gasteiger partial charge in [-0.3, -0.25) is 0 Å². The van der Waals surface area contributed by atoms with Gasteiger partial charge in [-0.1, -0.05) is 18.2 Å². The maximum absolute atomic E-state index is 5.83. The summed E-state index contributed by atoms with van der Waals surface area (Å²) in [6.07, 6.45) is 1.59. The zero-order chi connectivity index (χ0) is 12.1. The van der Waals surface area contributed by atoms with Crippen molar-refractivity contribution < 1.29 is 9.47 Å². The molecule has 0 bridgehead atoms. The van der Waals surface area contributed by atoms with E-state index < -0.39 is 0 Å². The zero-order valence-electron chi connectivity index (χ0n) is 10.6. The second-order valence-electron chi connectivity index (χ2n) is 4.68. The number of rotatable bonds is 6. The molecule has 1 atom stereocenters. The predicted octanol–water partition coefficient (Wildman–Crippen LogP) is 2.00. The molecule has 0 aromatic heterocycles. The summed E-state index contributed by atoms with van der Waals surface area (Å²) in [6, 6.07) is 8.26. The van der Waals surface area contributed by atoms with Crippen molar-refractivity contribution in [3.63, 3.8) is 0 Å². The van der Waals surface area contributed by atoms with Crippen molar-refractivity contribution in [1.82, 2.24) is 5.32 Å². The van der Waals surface area contributed by atoms with Crippen molar-refractivity contribution in [2.45, 2.75) is 32.5 Å². The van der Waals surface area contributed by atoms with E-state index in [1.807, 2.05) is 12.1 Å². The number of fused-ring (bicyclic) bond motifs is 1. The number of para-hydroxylation sites is 1. The van der Waals surface area contributed by atoms with Crippen LogP contribution in [0, 0.1) is 0 Å². The minimum atomic E-state index is 0.270. The smallest absolute Gasteiger partial charge is 0.123 e. The highest BCUT2D eigenvalue weighted by Crippen LogP contribution is 2.27. The van der Waals surface area contributed by atoms with Crippen molar-refractivity contribution in [2.24, 2.45) is 0 Å². The largest absolute Gasteiger partial charge is 0.488 e. The Morgan fingerprint density at radius 1 is 1.41 bits per heavy atom. The Balaban J connectivity index is 1.63. The maximum atomic E-state index is 5.83. The van der Waals surface area contributed by atoms with Crippen molar-refractivity contribution in [2.75, 3.05) is 19.7 Å². The molecule has 0 saturated carbocycles. The SMILES string of the molecule is CC(C)OCCNCC1Cc2ccccc2O1. The molecule has 17 heavy (non-hydrogen) atoms. The van der Waals surface area contributed by atoms with Crippen molar-refractivity contribution in [3.8, 4) is 5.75 Å². The van der Waals surface area contributed by atoms with Crippen molar-refractivity contribution in [3.05, 3.63) is 29.8 Å². The third-order valence-corrected chi connectivity index (χ3v) is 2.82. The Morgan fingerprint density at radius 2 is 2.24 bits per heavy atom. The molecule has 3 heteroatoms. The van der Waals surface area contributed by atoms with Crippen LogP contribution in [0.1, 0.15) is 19.4 Å². The van der Waals surface area contributed by atoms with Crippen LogP contribution < -0.4 is 10.1 Å². The van der Waals surface area contributed by atoms with Gasteiger partial charge in [0.15, 0.2) is 0 Å². The van der Waals surface area contributed by atoms with Gasteiger partial charge in [-0.2, -0.15) is 0 Å². The molecular formula is C14H21NO2. The Hall–Kier alpha value is -1.06. The Bertz CT molecular complexity index is 327. The zero-order valence-corrected chi connectivity index (χ0v) is 10.6. The summed E-state index contributed by atoms with van der Waals surface area (Å²) >= 11 is 0. The van der Waals surface area contributed by atoms with Gasteiger partial charge >= 0.3 is 0 Å². The summed E-state index contributed by atoms with van der Waals surface area (Å²) in [6.45, 7) is 6.63. The van der Waals surface area contributed by atoms with E-state index >= 15 is 0 Å². The number of ether oxygens (including phenoxy) is 2. The molecule has 0 aliphatic carbocycles. The van der Waals surface area contributed by atoms with E-state index in [-0.39, 0.29) is 6.10 Å². The molecule has 1 aliphatic heterocycles. The monoisotopic (exact) mass is 235 g/mol. The predicted molar refractivity (Wildman–Crippen MR) is 68.5 cm³/mol. The maximum Gasteiger partial charge on any atom is 0.123 e. The van der Waals surface area contributed by atoms with Crippen LogP contribution in [0.2, 0.25) is 0 Å². The average Bonchev–Trinajstić information content (AvgIpc) is 2.70. The first-order chi connectivity index (χ1) is 8.25. The van der Waals surface area contributed by atoms with E-state index in [9.17, 15) is 0 Å². The van der Waals surface area contributed by atoms with Crippen LogP contribution in [0.15, 0.2) is 24.3 Å². The molecule has 1 heterocycles. The first-order valence-electron chi connectivity index (χ1n) is 6.32. The lowest BCUT2D eigenvalue weighted by molar-refractivity contribution is 0.0794.